The van der Waals surface area contributed by atoms with E-state index < -0.39 is 12.6 Å². The van der Waals surface area contributed by atoms with Gasteiger partial charge in [-0.05, 0) is 46.2 Å². The molecule has 0 fully saturated rings. The zero-order valence-electron chi connectivity index (χ0n) is 12.8. The predicted molar refractivity (Wildman–Crippen MR) is 74.3 cm³/mol. The molecule has 1 N–H and O–H groups in total. The van der Waals surface area contributed by atoms with Gasteiger partial charge in [0.15, 0.2) is 0 Å². The number of hydrogen-bond donors (Lipinski definition) is 1. The van der Waals surface area contributed by atoms with Crippen LogP contribution in [0.5, 0.6) is 0 Å². The van der Waals surface area contributed by atoms with Crippen LogP contribution in [0.1, 0.15) is 46.5 Å². The van der Waals surface area contributed by atoms with Crippen molar-refractivity contribution >= 4 is 0 Å². The van der Waals surface area contributed by atoms with Gasteiger partial charge in [-0.1, -0.05) is 13.8 Å². The lowest BCUT2D eigenvalue weighted by Gasteiger charge is -2.28. The fourth-order valence-electron chi connectivity index (χ4n) is 2.07. The number of nitrogens with zero attached hydrogens (tertiary/aromatic N) is 1. The lowest BCUT2D eigenvalue weighted by Crippen LogP contribution is -2.41. The summed E-state index contributed by atoms with van der Waals surface area (Å²) in [4.78, 5) is 2.18. The molecule has 116 valence electrons. The number of halogens is 3. The second kappa shape index (κ2) is 8.80. The molecule has 0 aliphatic rings. The second-order valence-corrected chi connectivity index (χ2v) is 6.06. The molecule has 0 radical (unpaired) electrons. The Morgan fingerprint density at radius 1 is 1.11 bits per heavy atom. The number of alkyl halides is 3. The molecule has 2 unspecified atom stereocenters. The fraction of sp³-hybridized carbons (Fsp3) is 1.00. The standard InChI is InChI=1S/C14H29F3N2/c1-11(2)9-13(19(4)5)10-18-12(3)7-6-8-14(15,16)17/h11-13,18H,6-10H2,1-5H3. The zero-order chi connectivity index (χ0) is 15.1. The highest BCUT2D eigenvalue weighted by molar-refractivity contribution is 4.73. The van der Waals surface area contributed by atoms with E-state index in [9.17, 15) is 13.2 Å². The average molecular weight is 282 g/mol. The zero-order valence-corrected chi connectivity index (χ0v) is 12.8. The molecule has 2 atom stereocenters. The molecule has 0 aliphatic carbocycles. The maximum absolute atomic E-state index is 12.0. The summed E-state index contributed by atoms with van der Waals surface area (Å²) in [5.41, 5.74) is 0. The van der Waals surface area contributed by atoms with Gasteiger partial charge in [0, 0.05) is 25.0 Å². The van der Waals surface area contributed by atoms with Crippen LogP contribution in [0.2, 0.25) is 0 Å². The summed E-state index contributed by atoms with van der Waals surface area (Å²) in [6.07, 6.45) is -2.84. The van der Waals surface area contributed by atoms with E-state index in [1.165, 1.54) is 0 Å². The van der Waals surface area contributed by atoms with Crippen molar-refractivity contribution in [1.29, 1.82) is 0 Å². The first kappa shape index (κ1) is 18.7. The van der Waals surface area contributed by atoms with Crippen LogP contribution in [0.15, 0.2) is 0 Å². The van der Waals surface area contributed by atoms with E-state index in [1.54, 1.807) is 0 Å². The van der Waals surface area contributed by atoms with Crippen molar-refractivity contribution in [2.75, 3.05) is 20.6 Å². The highest BCUT2D eigenvalue weighted by Crippen LogP contribution is 2.22. The third-order valence-corrected chi connectivity index (χ3v) is 3.27. The Morgan fingerprint density at radius 3 is 2.11 bits per heavy atom. The first-order chi connectivity index (χ1) is 8.61. The topological polar surface area (TPSA) is 15.3 Å². The van der Waals surface area contributed by atoms with Gasteiger partial charge in [0.1, 0.15) is 0 Å². The van der Waals surface area contributed by atoms with Crippen molar-refractivity contribution in [2.45, 2.75) is 64.7 Å². The number of nitrogens with one attached hydrogen (secondary N) is 1. The van der Waals surface area contributed by atoms with Gasteiger partial charge < -0.3 is 10.2 Å². The minimum Gasteiger partial charge on any atom is -0.313 e. The number of rotatable bonds is 9. The number of hydrogen-bond acceptors (Lipinski definition) is 2. The van der Waals surface area contributed by atoms with Crippen LogP contribution < -0.4 is 5.32 Å². The van der Waals surface area contributed by atoms with Crippen molar-refractivity contribution in [3.8, 4) is 0 Å². The van der Waals surface area contributed by atoms with E-state index >= 15 is 0 Å². The molecule has 0 aromatic rings. The first-order valence-corrected chi connectivity index (χ1v) is 7.08. The van der Waals surface area contributed by atoms with Gasteiger partial charge in [0.05, 0.1) is 0 Å². The molecule has 0 spiro atoms. The normalized spacial score (nSPS) is 16.1. The Morgan fingerprint density at radius 2 is 1.68 bits per heavy atom. The summed E-state index contributed by atoms with van der Waals surface area (Å²) in [7, 11) is 4.09. The second-order valence-electron chi connectivity index (χ2n) is 6.06. The Hall–Kier alpha value is -0.290. The molecular weight excluding hydrogens is 253 g/mol. The fourth-order valence-corrected chi connectivity index (χ4v) is 2.07. The van der Waals surface area contributed by atoms with Crippen LogP contribution in [0, 0.1) is 5.92 Å². The molecule has 5 heteroatoms. The molecule has 0 aromatic heterocycles. The third kappa shape index (κ3) is 11.3. The smallest absolute Gasteiger partial charge is 0.313 e. The minimum absolute atomic E-state index is 0.136. The SMILES string of the molecule is CC(C)CC(CNC(C)CCCC(F)(F)F)N(C)C. The van der Waals surface area contributed by atoms with E-state index in [2.05, 4.69) is 24.1 Å². The summed E-state index contributed by atoms with van der Waals surface area (Å²) >= 11 is 0. The molecule has 2 nitrogen and oxygen atoms in total. The van der Waals surface area contributed by atoms with E-state index in [0.29, 0.717) is 18.4 Å². The van der Waals surface area contributed by atoms with Gasteiger partial charge in [-0.15, -0.1) is 0 Å². The highest BCUT2D eigenvalue weighted by Gasteiger charge is 2.26. The van der Waals surface area contributed by atoms with Gasteiger partial charge in [-0.3, -0.25) is 0 Å². The average Bonchev–Trinajstić information content (AvgIpc) is 2.21. The third-order valence-electron chi connectivity index (χ3n) is 3.27. The van der Waals surface area contributed by atoms with Crippen LogP contribution in [0.4, 0.5) is 13.2 Å². The van der Waals surface area contributed by atoms with Crippen LogP contribution in [0.25, 0.3) is 0 Å². The maximum atomic E-state index is 12.0. The van der Waals surface area contributed by atoms with Crippen LogP contribution in [-0.4, -0.2) is 43.8 Å². The van der Waals surface area contributed by atoms with Crippen molar-refractivity contribution in [2.24, 2.45) is 5.92 Å². The Balaban J connectivity index is 3.88. The van der Waals surface area contributed by atoms with Crippen molar-refractivity contribution in [3.63, 3.8) is 0 Å². The Labute approximate surface area is 115 Å². The Bertz CT molecular complexity index is 227. The van der Waals surface area contributed by atoms with E-state index in [4.69, 9.17) is 0 Å². The van der Waals surface area contributed by atoms with E-state index in [0.717, 1.165) is 13.0 Å². The molecule has 0 saturated heterocycles. The summed E-state index contributed by atoms with van der Waals surface area (Å²) < 4.78 is 36.1. The molecular formula is C14H29F3N2. The lowest BCUT2D eigenvalue weighted by atomic mass is 10.0. The molecule has 0 heterocycles. The van der Waals surface area contributed by atoms with Crippen molar-refractivity contribution in [1.82, 2.24) is 10.2 Å². The van der Waals surface area contributed by atoms with Gasteiger partial charge in [0.25, 0.3) is 0 Å². The summed E-state index contributed by atoms with van der Waals surface area (Å²) in [6, 6.07) is 0.571. The van der Waals surface area contributed by atoms with Gasteiger partial charge >= 0.3 is 6.18 Å². The van der Waals surface area contributed by atoms with Crippen LogP contribution in [-0.2, 0) is 0 Å². The Kier molecular flexibility index (Phi) is 8.66. The molecule has 0 saturated carbocycles. The predicted octanol–water partition coefficient (Wildman–Crippen LogP) is 3.67. The van der Waals surface area contributed by atoms with Crippen molar-refractivity contribution in [3.05, 3.63) is 0 Å². The summed E-state index contributed by atoms with van der Waals surface area (Å²) in [5.74, 6) is 0.620. The van der Waals surface area contributed by atoms with Gasteiger partial charge in [-0.25, -0.2) is 0 Å². The highest BCUT2D eigenvalue weighted by atomic mass is 19.4. The van der Waals surface area contributed by atoms with Crippen molar-refractivity contribution < 1.29 is 13.2 Å². The maximum Gasteiger partial charge on any atom is 0.389 e. The monoisotopic (exact) mass is 282 g/mol. The summed E-state index contributed by atoms with van der Waals surface area (Å²) in [5, 5.41) is 3.35. The molecule has 0 bridgehead atoms. The van der Waals surface area contributed by atoms with Gasteiger partial charge in [0.2, 0.25) is 0 Å². The van der Waals surface area contributed by atoms with E-state index in [1.807, 2.05) is 21.0 Å². The first-order valence-electron chi connectivity index (χ1n) is 7.08. The number of likely N-dealkylation sites (N-methyl/N-ethyl adjacent to an activating group) is 1. The van der Waals surface area contributed by atoms with E-state index in [-0.39, 0.29) is 12.5 Å². The van der Waals surface area contributed by atoms with Crippen LogP contribution in [0.3, 0.4) is 0 Å². The molecule has 0 rings (SSSR count). The molecule has 19 heavy (non-hydrogen) atoms. The largest absolute Gasteiger partial charge is 0.389 e. The van der Waals surface area contributed by atoms with Crippen LogP contribution >= 0.6 is 0 Å². The lowest BCUT2D eigenvalue weighted by molar-refractivity contribution is -0.135. The minimum atomic E-state index is -4.02. The molecule has 0 amide bonds. The molecule has 0 aliphatic heterocycles. The van der Waals surface area contributed by atoms with Gasteiger partial charge in [-0.2, -0.15) is 13.2 Å². The summed E-state index contributed by atoms with van der Waals surface area (Å²) in [6.45, 7) is 7.16. The quantitative estimate of drug-likeness (QED) is 0.694. The molecule has 0 aromatic carbocycles.